The molecule has 0 aliphatic heterocycles. The van der Waals surface area contributed by atoms with Crippen molar-refractivity contribution in [2.24, 2.45) is 11.7 Å². The largest absolute Gasteiger partial charge is 0.490 e. The average Bonchev–Trinajstić information content (AvgIpc) is 2.41. The number of ether oxygens (including phenoxy) is 2. The molecule has 0 bridgehead atoms. The van der Waals surface area contributed by atoms with E-state index in [9.17, 15) is 4.79 Å². The predicted molar refractivity (Wildman–Crippen MR) is 83.4 cm³/mol. The minimum absolute atomic E-state index is 0.500. The van der Waals surface area contributed by atoms with E-state index in [2.05, 4.69) is 19.2 Å². The van der Waals surface area contributed by atoms with Crippen LogP contribution >= 0.6 is 0 Å². The van der Waals surface area contributed by atoms with E-state index in [0.717, 1.165) is 18.7 Å². The number of rotatable bonds is 9. The third-order valence-electron chi connectivity index (χ3n) is 2.89. The minimum atomic E-state index is -0.686. The maximum Gasteiger partial charge on any atom is 0.258 e. The number of amides is 1. The van der Waals surface area contributed by atoms with Crippen LogP contribution in [-0.2, 0) is 11.3 Å². The first-order valence-electron chi connectivity index (χ1n) is 7.36. The number of primary amides is 1. The second-order valence-corrected chi connectivity index (χ2v) is 5.40. The van der Waals surface area contributed by atoms with Gasteiger partial charge in [0.15, 0.2) is 17.6 Å². The van der Waals surface area contributed by atoms with Crippen LogP contribution in [0.5, 0.6) is 11.5 Å². The lowest BCUT2D eigenvalue weighted by atomic mass is 10.1. The van der Waals surface area contributed by atoms with Gasteiger partial charge in [0.1, 0.15) is 0 Å². The predicted octanol–water partition coefficient (Wildman–Crippen LogP) is 2.08. The van der Waals surface area contributed by atoms with Crippen LogP contribution in [0.3, 0.4) is 0 Å². The number of benzene rings is 1. The molecule has 0 saturated heterocycles. The van der Waals surface area contributed by atoms with E-state index in [1.165, 1.54) is 0 Å². The van der Waals surface area contributed by atoms with E-state index in [1.807, 2.05) is 25.1 Å². The van der Waals surface area contributed by atoms with E-state index in [0.29, 0.717) is 24.0 Å². The molecule has 0 fully saturated rings. The first-order valence-corrected chi connectivity index (χ1v) is 7.36. The number of carbonyl (C=O) groups is 1. The number of nitrogens with two attached hydrogens (primary N) is 1. The standard InChI is InChI=1S/C16H26N2O3/c1-5-20-15-8-13(10-18-9-11(2)3)6-7-14(15)21-12(4)16(17)19/h6-8,11-12,18H,5,9-10H2,1-4H3,(H2,17,19). The van der Waals surface area contributed by atoms with Crippen LogP contribution in [0.15, 0.2) is 18.2 Å². The van der Waals surface area contributed by atoms with Gasteiger partial charge in [0.05, 0.1) is 6.61 Å². The van der Waals surface area contributed by atoms with Gasteiger partial charge >= 0.3 is 0 Å². The Morgan fingerprint density at radius 2 is 2.00 bits per heavy atom. The van der Waals surface area contributed by atoms with Gasteiger partial charge < -0.3 is 20.5 Å². The van der Waals surface area contributed by atoms with Gasteiger partial charge in [-0.05, 0) is 44.0 Å². The summed E-state index contributed by atoms with van der Waals surface area (Å²) in [4.78, 5) is 11.1. The van der Waals surface area contributed by atoms with Crippen molar-refractivity contribution in [2.45, 2.75) is 40.3 Å². The Balaban J connectivity index is 2.78. The first kappa shape index (κ1) is 17.3. The number of hydrogen-bond donors (Lipinski definition) is 2. The van der Waals surface area contributed by atoms with Crippen LogP contribution in [0.2, 0.25) is 0 Å². The molecule has 3 N–H and O–H groups in total. The summed E-state index contributed by atoms with van der Waals surface area (Å²) < 4.78 is 11.1. The molecule has 0 spiro atoms. The highest BCUT2D eigenvalue weighted by atomic mass is 16.5. The highest BCUT2D eigenvalue weighted by molar-refractivity contribution is 5.78. The quantitative estimate of drug-likeness (QED) is 0.731. The van der Waals surface area contributed by atoms with E-state index in [1.54, 1.807) is 6.92 Å². The van der Waals surface area contributed by atoms with Crippen LogP contribution in [0.1, 0.15) is 33.3 Å². The molecular formula is C16H26N2O3. The summed E-state index contributed by atoms with van der Waals surface area (Å²) in [5.41, 5.74) is 6.33. The monoisotopic (exact) mass is 294 g/mol. The molecule has 5 nitrogen and oxygen atoms in total. The van der Waals surface area contributed by atoms with Crippen molar-refractivity contribution in [2.75, 3.05) is 13.2 Å². The summed E-state index contributed by atoms with van der Waals surface area (Å²) in [6, 6.07) is 5.70. The Morgan fingerprint density at radius 1 is 1.29 bits per heavy atom. The van der Waals surface area contributed by atoms with E-state index >= 15 is 0 Å². The Hall–Kier alpha value is -1.75. The van der Waals surface area contributed by atoms with Crippen LogP contribution in [0, 0.1) is 5.92 Å². The highest BCUT2D eigenvalue weighted by Gasteiger charge is 2.14. The second kappa shape index (κ2) is 8.52. The first-order chi connectivity index (χ1) is 9.93. The molecule has 1 atom stereocenters. The summed E-state index contributed by atoms with van der Waals surface area (Å²) in [7, 11) is 0. The van der Waals surface area contributed by atoms with Crippen molar-refractivity contribution in [3.63, 3.8) is 0 Å². The zero-order valence-electron chi connectivity index (χ0n) is 13.3. The summed E-state index contributed by atoms with van der Waals surface area (Å²) in [6.07, 6.45) is -0.686. The molecule has 1 aromatic rings. The molecule has 5 heteroatoms. The average molecular weight is 294 g/mol. The number of carbonyl (C=O) groups excluding carboxylic acids is 1. The summed E-state index contributed by atoms with van der Waals surface area (Å²) >= 11 is 0. The van der Waals surface area contributed by atoms with Crippen molar-refractivity contribution in [1.29, 1.82) is 0 Å². The third-order valence-corrected chi connectivity index (χ3v) is 2.89. The van der Waals surface area contributed by atoms with Gasteiger partial charge in [0, 0.05) is 6.54 Å². The number of hydrogen-bond acceptors (Lipinski definition) is 4. The molecule has 1 amide bonds. The SMILES string of the molecule is CCOc1cc(CNCC(C)C)ccc1OC(C)C(N)=O. The Morgan fingerprint density at radius 3 is 2.57 bits per heavy atom. The topological polar surface area (TPSA) is 73.6 Å². The molecule has 0 heterocycles. The van der Waals surface area contributed by atoms with Gasteiger partial charge in [-0.15, -0.1) is 0 Å². The second-order valence-electron chi connectivity index (χ2n) is 5.40. The molecule has 0 radical (unpaired) electrons. The third kappa shape index (κ3) is 6.04. The molecule has 0 saturated carbocycles. The fourth-order valence-electron chi connectivity index (χ4n) is 1.78. The van der Waals surface area contributed by atoms with Crippen LogP contribution in [0.25, 0.3) is 0 Å². The van der Waals surface area contributed by atoms with Crippen molar-refractivity contribution < 1.29 is 14.3 Å². The molecule has 118 valence electrons. The fraction of sp³-hybridized carbons (Fsp3) is 0.562. The van der Waals surface area contributed by atoms with Gasteiger partial charge in [0.2, 0.25) is 0 Å². The summed E-state index contributed by atoms with van der Waals surface area (Å²) in [6.45, 7) is 10.1. The zero-order chi connectivity index (χ0) is 15.8. The lowest BCUT2D eigenvalue weighted by molar-refractivity contribution is -0.124. The zero-order valence-corrected chi connectivity index (χ0v) is 13.3. The summed E-state index contributed by atoms with van der Waals surface area (Å²) in [5, 5.41) is 3.38. The maximum absolute atomic E-state index is 11.1. The Labute approximate surface area is 126 Å². The minimum Gasteiger partial charge on any atom is -0.490 e. The molecule has 0 aromatic heterocycles. The fourth-order valence-corrected chi connectivity index (χ4v) is 1.78. The van der Waals surface area contributed by atoms with Gasteiger partial charge in [0.25, 0.3) is 5.91 Å². The van der Waals surface area contributed by atoms with Crippen LogP contribution in [0.4, 0.5) is 0 Å². The van der Waals surface area contributed by atoms with Crippen molar-refractivity contribution in [1.82, 2.24) is 5.32 Å². The smallest absolute Gasteiger partial charge is 0.258 e. The maximum atomic E-state index is 11.1. The van der Waals surface area contributed by atoms with E-state index in [-0.39, 0.29) is 0 Å². The van der Waals surface area contributed by atoms with Crippen molar-refractivity contribution >= 4 is 5.91 Å². The lowest BCUT2D eigenvalue weighted by Crippen LogP contribution is -2.30. The number of nitrogens with one attached hydrogen (secondary N) is 1. The van der Waals surface area contributed by atoms with Gasteiger partial charge in [-0.3, -0.25) is 4.79 Å². The molecule has 1 rings (SSSR count). The molecule has 1 aromatic carbocycles. The normalized spacial score (nSPS) is 12.2. The summed E-state index contributed by atoms with van der Waals surface area (Å²) in [5.74, 6) is 1.28. The van der Waals surface area contributed by atoms with Crippen LogP contribution < -0.4 is 20.5 Å². The molecule has 0 aliphatic carbocycles. The molecule has 1 unspecified atom stereocenters. The molecule has 0 aliphatic rings. The molecular weight excluding hydrogens is 268 g/mol. The van der Waals surface area contributed by atoms with Gasteiger partial charge in [-0.1, -0.05) is 19.9 Å². The highest BCUT2D eigenvalue weighted by Crippen LogP contribution is 2.29. The van der Waals surface area contributed by atoms with E-state index < -0.39 is 12.0 Å². The lowest BCUT2D eigenvalue weighted by Gasteiger charge is -2.16. The molecule has 21 heavy (non-hydrogen) atoms. The Bertz CT molecular complexity index is 461. The van der Waals surface area contributed by atoms with Gasteiger partial charge in [-0.25, -0.2) is 0 Å². The van der Waals surface area contributed by atoms with E-state index in [4.69, 9.17) is 15.2 Å². The van der Waals surface area contributed by atoms with Gasteiger partial charge in [-0.2, -0.15) is 0 Å². The van der Waals surface area contributed by atoms with Crippen molar-refractivity contribution in [3.05, 3.63) is 23.8 Å². The Kier molecular flexibility index (Phi) is 7.02. The van der Waals surface area contributed by atoms with Crippen molar-refractivity contribution in [3.8, 4) is 11.5 Å². The van der Waals surface area contributed by atoms with Crippen LogP contribution in [-0.4, -0.2) is 25.2 Å².